The van der Waals surface area contributed by atoms with Gasteiger partial charge in [-0.3, -0.25) is 4.79 Å². The third-order valence-corrected chi connectivity index (χ3v) is 2.87. The molecule has 0 unspecified atom stereocenters. The largest absolute Gasteiger partial charge is 0.378 e. The van der Waals surface area contributed by atoms with Crippen LogP contribution < -0.4 is 10.6 Å². The maximum atomic E-state index is 11.6. The third kappa shape index (κ3) is 6.03. The molecular weight excluding hydrogens is 216 g/mol. The van der Waals surface area contributed by atoms with E-state index in [4.69, 9.17) is 4.74 Å². The van der Waals surface area contributed by atoms with Crippen molar-refractivity contribution in [2.75, 3.05) is 13.2 Å². The Morgan fingerprint density at radius 2 is 2.00 bits per heavy atom. The molecule has 2 N–H and O–H groups in total. The standard InChI is InChI=1S/C13H26N2O2/c1-5-17-11-8-10(9-11)15-12(16)6-7-14-13(2,3)4/h10-11,14H,5-9H2,1-4H3,(H,15,16). The smallest absolute Gasteiger partial charge is 0.221 e. The van der Waals surface area contributed by atoms with Crippen LogP contribution in [0.3, 0.4) is 0 Å². The first-order valence-electron chi connectivity index (χ1n) is 6.56. The van der Waals surface area contributed by atoms with E-state index >= 15 is 0 Å². The van der Waals surface area contributed by atoms with Crippen LogP contribution in [0.2, 0.25) is 0 Å². The Bertz CT molecular complexity index is 242. The molecule has 0 spiro atoms. The average Bonchev–Trinajstić information content (AvgIpc) is 2.12. The molecule has 4 nitrogen and oxygen atoms in total. The van der Waals surface area contributed by atoms with Gasteiger partial charge in [-0.05, 0) is 40.5 Å². The maximum Gasteiger partial charge on any atom is 0.221 e. The monoisotopic (exact) mass is 242 g/mol. The number of hydrogen-bond acceptors (Lipinski definition) is 3. The van der Waals surface area contributed by atoms with E-state index in [1.54, 1.807) is 0 Å². The first-order chi connectivity index (χ1) is 7.90. The molecule has 0 bridgehead atoms. The molecule has 0 aliphatic heterocycles. The van der Waals surface area contributed by atoms with Crippen molar-refractivity contribution in [3.8, 4) is 0 Å². The van der Waals surface area contributed by atoms with Crippen molar-refractivity contribution >= 4 is 5.91 Å². The first kappa shape index (κ1) is 14.5. The van der Waals surface area contributed by atoms with Gasteiger partial charge < -0.3 is 15.4 Å². The summed E-state index contributed by atoms with van der Waals surface area (Å²) in [5.41, 5.74) is 0.0802. The average molecular weight is 242 g/mol. The van der Waals surface area contributed by atoms with Gasteiger partial charge in [-0.2, -0.15) is 0 Å². The van der Waals surface area contributed by atoms with Crippen LogP contribution in [0.1, 0.15) is 47.0 Å². The number of ether oxygens (including phenoxy) is 1. The lowest BCUT2D eigenvalue weighted by atomic mass is 9.89. The zero-order chi connectivity index (χ0) is 12.9. The fraction of sp³-hybridized carbons (Fsp3) is 0.923. The Morgan fingerprint density at radius 1 is 1.35 bits per heavy atom. The van der Waals surface area contributed by atoms with E-state index in [-0.39, 0.29) is 11.4 Å². The third-order valence-electron chi connectivity index (χ3n) is 2.87. The zero-order valence-electron chi connectivity index (χ0n) is 11.5. The van der Waals surface area contributed by atoms with Crippen molar-refractivity contribution in [2.24, 2.45) is 0 Å². The number of rotatable bonds is 6. The van der Waals surface area contributed by atoms with Crippen molar-refractivity contribution in [3.05, 3.63) is 0 Å². The molecule has 0 aromatic rings. The first-order valence-corrected chi connectivity index (χ1v) is 6.56. The summed E-state index contributed by atoms with van der Waals surface area (Å²) < 4.78 is 5.45. The molecule has 1 aliphatic carbocycles. The lowest BCUT2D eigenvalue weighted by Crippen LogP contribution is -2.48. The molecule has 1 aliphatic rings. The van der Waals surface area contributed by atoms with Crippen LogP contribution in [0.15, 0.2) is 0 Å². The number of amides is 1. The quantitative estimate of drug-likeness (QED) is 0.741. The summed E-state index contributed by atoms with van der Waals surface area (Å²) in [5.74, 6) is 0.140. The van der Waals surface area contributed by atoms with Gasteiger partial charge in [0.25, 0.3) is 0 Å². The van der Waals surface area contributed by atoms with Crippen molar-refractivity contribution in [1.29, 1.82) is 0 Å². The predicted molar refractivity (Wildman–Crippen MR) is 69.0 cm³/mol. The van der Waals surface area contributed by atoms with Crippen LogP contribution in [0, 0.1) is 0 Å². The number of carbonyl (C=O) groups is 1. The van der Waals surface area contributed by atoms with Crippen molar-refractivity contribution in [2.45, 2.75) is 64.6 Å². The molecule has 0 heterocycles. The molecule has 1 saturated carbocycles. The topological polar surface area (TPSA) is 50.4 Å². The Hall–Kier alpha value is -0.610. The minimum atomic E-state index is 0.0802. The summed E-state index contributed by atoms with van der Waals surface area (Å²) in [6.07, 6.45) is 2.84. The lowest BCUT2D eigenvalue weighted by molar-refractivity contribution is -0.123. The van der Waals surface area contributed by atoms with Crippen molar-refractivity contribution in [1.82, 2.24) is 10.6 Å². The molecule has 1 fully saturated rings. The molecule has 0 radical (unpaired) electrons. The second-order valence-corrected chi connectivity index (χ2v) is 5.74. The van der Waals surface area contributed by atoms with Crippen molar-refractivity contribution in [3.63, 3.8) is 0 Å². The van der Waals surface area contributed by atoms with Gasteiger partial charge in [0.2, 0.25) is 5.91 Å². The molecular formula is C13H26N2O2. The van der Waals surface area contributed by atoms with Crippen molar-refractivity contribution < 1.29 is 9.53 Å². The van der Waals surface area contributed by atoms with E-state index in [0.29, 0.717) is 18.6 Å². The highest BCUT2D eigenvalue weighted by molar-refractivity contribution is 5.76. The minimum absolute atomic E-state index is 0.0802. The van der Waals surface area contributed by atoms with E-state index in [9.17, 15) is 4.79 Å². The fourth-order valence-corrected chi connectivity index (χ4v) is 1.91. The highest BCUT2D eigenvalue weighted by Gasteiger charge is 2.30. The minimum Gasteiger partial charge on any atom is -0.378 e. The number of carbonyl (C=O) groups excluding carboxylic acids is 1. The van der Waals surface area contributed by atoms with Gasteiger partial charge >= 0.3 is 0 Å². The van der Waals surface area contributed by atoms with Crippen LogP contribution in [0.25, 0.3) is 0 Å². The van der Waals surface area contributed by atoms with Gasteiger partial charge in [-0.25, -0.2) is 0 Å². The normalized spacial score (nSPS) is 24.2. The van der Waals surface area contributed by atoms with E-state index in [1.165, 1.54) is 0 Å². The fourth-order valence-electron chi connectivity index (χ4n) is 1.91. The highest BCUT2D eigenvalue weighted by Crippen LogP contribution is 2.23. The summed E-state index contributed by atoms with van der Waals surface area (Å²) in [6, 6.07) is 0.327. The van der Waals surface area contributed by atoms with E-state index in [2.05, 4.69) is 31.4 Å². The molecule has 0 atom stereocenters. The zero-order valence-corrected chi connectivity index (χ0v) is 11.5. The van der Waals surface area contributed by atoms with E-state index in [0.717, 1.165) is 26.0 Å². The highest BCUT2D eigenvalue weighted by atomic mass is 16.5. The summed E-state index contributed by atoms with van der Waals surface area (Å²) in [5, 5.41) is 6.34. The Balaban J connectivity index is 2.03. The number of hydrogen-bond donors (Lipinski definition) is 2. The maximum absolute atomic E-state index is 11.6. The summed E-state index contributed by atoms with van der Waals surface area (Å²) >= 11 is 0. The van der Waals surface area contributed by atoms with E-state index in [1.807, 2.05) is 6.92 Å². The van der Waals surface area contributed by atoms with Crippen LogP contribution in [0.4, 0.5) is 0 Å². The Labute approximate surface area is 104 Å². The van der Waals surface area contributed by atoms with E-state index < -0.39 is 0 Å². The predicted octanol–water partition coefficient (Wildman–Crippen LogP) is 1.45. The Kier molecular flexibility index (Phi) is 5.40. The summed E-state index contributed by atoms with van der Waals surface area (Å²) in [7, 11) is 0. The van der Waals surface area contributed by atoms with Crippen LogP contribution in [-0.4, -0.2) is 36.7 Å². The van der Waals surface area contributed by atoms with Gasteiger partial charge in [0, 0.05) is 31.2 Å². The number of nitrogens with one attached hydrogen (secondary N) is 2. The lowest BCUT2D eigenvalue weighted by Gasteiger charge is -2.35. The second kappa shape index (κ2) is 6.36. The van der Waals surface area contributed by atoms with Crippen LogP contribution >= 0.6 is 0 Å². The van der Waals surface area contributed by atoms with Gasteiger partial charge in [0.1, 0.15) is 0 Å². The molecule has 1 amide bonds. The molecule has 100 valence electrons. The van der Waals surface area contributed by atoms with Gasteiger partial charge in [0.15, 0.2) is 0 Å². The van der Waals surface area contributed by atoms with Gasteiger partial charge in [-0.1, -0.05) is 0 Å². The van der Waals surface area contributed by atoms with Crippen LogP contribution in [-0.2, 0) is 9.53 Å². The molecule has 0 aromatic heterocycles. The van der Waals surface area contributed by atoms with Gasteiger partial charge in [0.05, 0.1) is 6.10 Å². The molecule has 1 rings (SSSR count). The second-order valence-electron chi connectivity index (χ2n) is 5.74. The summed E-state index contributed by atoms with van der Waals surface area (Å²) in [6.45, 7) is 9.80. The molecule has 17 heavy (non-hydrogen) atoms. The Morgan fingerprint density at radius 3 is 2.53 bits per heavy atom. The van der Waals surface area contributed by atoms with Crippen LogP contribution in [0.5, 0.6) is 0 Å². The molecule has 4 heteroatoms. The molecule has 0 saturated heterocycles. The molecule has 0 aromatic carbocycles. The SMILES string of the molecule is CCOC1CC(NC(=O)CCNC(C)(C)C)C1. The summed E-state index contributed by atoms with van der Waals surface area (Å²) in [4.78, 5) is 11.6. The van der Waals surface area contributed by atoms with Gasteiger partial charge in [-0.15, -0.1) is 0 Å².